The summed E-state index contributed by atoms with van der Waals surface area (Å²) in [6, 6.07) is 8.53. The second kappa shape index (κ2) is 8.35. The fraction of sp³-hybridized carbons (Fsp3) is 0.222. The molecule has 2 aromatic carbocycles. The molecular formula is C18H21ClO3. The van der Waals surface area contributed by atoms with Crippen LogP contribution in [0.25, 0.3) is 6.08 Å². The number of aryl methyl sites for hydroxylation is 2. The number of methoxy groups -OCH3 is 1. The summed E-state index contributed by atoms with van der Waals surface area (Å²) < 4.78 is 4.95. The molecule has 0 atom stereocenters. The Morgan fingerprint density at radius 1 is 1.05 bits per heavy atom. The van der Waals surface area contributed by atoms with E-state index in [0.717, 1.165) is 21.7 Å². The molecule has 0 saturated heterocycles. The first-order valence-electron chi connectivity index (χ1n) is 6.84. The number of phenols is 2. The van der Waals surface area contributed by atoms with Gasteiger partial charge < -0.3 is 14.9 Å². The molecule has 0 saturated carbocycles. The van der Waals surface area contributed by atoms with Crippen molar-refractivity contribution in [2.75, 3.05) is 7.11 Å². The predicted octanol–water partition coefficient (Wildman–Crippen LogP) is 5.10. The van der Waals surface area contributed by atoms with Crippen LogP contribution < -0.4 is 4.74 Å². The molecule has 0 spiro atoms. The Balaban J connectivity index is 0.000000224. The number of allylic oxidation sites excluding steroid dienone is 1. The summed E-state index contributed by atoms with van der Waals surface area (Å²) in [4.78, 5) is 0. The molecular weight excluding hydrogens is 300 g/mol. The number of hydrogen-bond donors (Lipinski definition) is 2. The summed E-state index contributed by atoms with van der Waals surface area (Å²) in [5.74, 6) is 0.954. The Labute approximate surface area is 136 Å². The standard InChI is InChI=1S/C10H12O2.C8H9ClO/c1-3-4-8-5-6-9(11)10(7-8)12-2;1-5-3-7(10)4-6(2)8(5)9/h3-7,11H,1-2H3;3-4,10H,1-2H3/b4-3+;. The SMILES string of the molecule is C/C=C/c1ccc(O)c(OC)c1.Cc1cc(O)cc(C)c1Cl. The highest BCUT2D eigenvalue weighted by Crippen LogP contribution is 2.26. The van der Waals surface area contributed by atoms with Crippen LogP contribution in [-0.2, 0) is 0 Å². The molecule has 2 N–H and O–H groups in total. The van der Waals surface area contributed by atoms with E-state index in [1.807, 2.05) is 39.0 Å². The van der Waals surface area contributed by atoms with E-state index in [0.29, 0.717) is 5.75 Å². The Bertz CT molecular complexity index is 640. The highest BCUT2D eigenvalue weighted by Gasteiger charge is 2.00. The number of phenolic OH excluding ortho intramolecular Hbond substituents is 2. The summed E-state index contributed by atoms with van der Waals surface area (Å²) in [6.07, 6.45) is 3.88. The van der Waals surface area contributed by atoms with Crippen molar-refractivity contribution in [3.05, 3.63) is 58.1 Å². The lowest BCUT2D eigenvalue weighted by molar-refractivity contribution is 0.373. The van der Waals surface area contributed by atoms with E-state index in [1.165, 1.54) is 7.11 Å². The quantitative estimate of drug-likeness (QED) is 0.809. The van der Waals surface area contributed by atoms with Gasteiger partial charge in [0.25, 0.3) is 0 Å². The van der Waals surface area contributed by atoms with Gasteiger partial charge >= 0.3 is 0 Å². The summed E-state index contributed by atoms with van der Waals surface area (Å²) in [5.41, 5.74) is 2.85. The largest absolute Gasteiger partial charge is 0.508 e. The fourth-order valence-electron chi connectivity index (χ4n) is 1.91. The van der Waals surface area contributed by atoms with E-state index < -0.39 is 0 Å². The van der Waals surface area contributed by atoms with E-state index in [4.69, 9.17) is 21.4 Å². The molecule has 2 aromatic rings. The zero-order valence-electron chi connectivity index (χ0n) is 13.2. The van der Waals surface area contributed by atoms with Crippen LogP contribution in [0.5, 0.6) is 17.2 Å². The van der Waals surface area contributed by atoms with Gasteiger partial charge in [-0.15, -0.1) is 0 Å². The van der Waals surface area contributed by atoms with Crippen LogP contribution in [0.15, 0.2) is 36.4 Å². The van der Waals surface area contributed by atoms with Gasteiger partial charge in [0.2, 0.25) is 0 Å². The first-order valence-corrected chi connectivity index (χ1v) is 7.22. The van der Waals surface area contributed by atoms with Crippen LogP contribution >= 0.6 is 11.6 Å². The molecule has 0 bridgehead atoms. The lowest BCUT2D eigenvalue weighted by Gasteiger charge is -2.03. The van der Waals surface area contributed by atoms with Crippen molar-refractivity contribution in [1.82, 2.24) is 0 Å². The lowest BCUT2D eigenvalue weighted by atomic mass is 10.1. The van der Waals surface area contributed by atoms with Gasteiger partial charge in [-0.25, -0.2) is 0 Å². The van der Waals surface area contributed by atoms with Gasteiger partial charge in [-0.2, -0.15) is 0 Å². The third-order valence-electron chi connectivity index (χ3n) is 2.98. The Hall–Kier alpha value is -2.13. The zero-order valence-corrected chi connectivity index (χ0v) is 14.0. The number of benzene rings is 2. The van der Waals surface area contributed by atoms with Gasteiger partial charge in [-0.05, 0) is 61.7 Å². The predicted molar refractivity (Wildman–Crippen MR) is 92.0 cm³/mol. The molecule has 0 aliphatic heterocycles. The van der Waals surface area contributed by atoms with Crippen LogP contribution in [0.2, 0.25) is 5.02 Å². The molecule has 0 fully saturated rings. The van der Waals surface area contributed by atoms with E-state index in [9.17, 15) is 5.11 Å². The van der Waals surface area contributed by atoms with Crippen molar-refractivity contribution in [2.24, 2.45) is 0 Å². The van der Waals surface area contributed by atoms with Gasteiger partial charge in [0, 0.05) is 5.02 Å². The maximum absolute atomic E-state index is 9.25. The summed E-state index contributed by atoms with van der Waals surface area (Å²) in [5, 5.41) is 19.0. The third kappa shape index (κ3) is 5.01. The van der Waals surface area contributed by atoms with E-state index in [1.54, 1.807) is 24.3 Å². The smallest absolute Gasteiger partial charge is 0.161 e. The number of rotatable bonds is 2. The zero-order chi connectivity index (χ0) is 16.7. The fourth-order valence-corrected chi connectivity index (χ4v) is 2.02. The van der Waals surface area contributed by atoms with Gasteiger partial charge in [0.15, 0.2) is 11.5 Å². The minimum Gasteiger partial charge on any atom is -0.508 e. The Morgan fingerprint density at radius 3 is 2.14 bits per heavy atom. The average Bonchev–Trinajstić information content (AvgIpc) is 2.47. The molecule has 0 unspecified atom stereocenters. The Kier molecular flexibility index (Phi) is 6.80. The average molecular weight is 321 g/mol. The maximum atomic E-state index is 9.25. The molecule has 2 rings (SSSR count). The molecule has 22 heavy (non-hydrogen) atoms. The topological polar surface area (TPSA) is 49.7 Å². The van der Waals surface area contributed by atoms with Crippen molar-refractivity contribution < 1.29 is 14.9 Å². The molecule has 3 nitrogen and oxygen atoms in total. The summed E-state index contributed by atoms with van der Waals surface area (Å²) in [7, 11) is 1.54. The van der Waals surface area contributed by atoms with Crippen molar-refractivity contribution in [1.29, 1.82) is 0 Å². The van der Waals surface area contributed by atoms with E-state index in [2.05, 4.69) is 0 Å². The highest BCUT2D eigenvalue weighted by atomic mass is 35.5. The maximum Gasteiger partial charge on any atom is 0.161 e. The highest BCUT2D eigenvalue weighted by molar-refractivity contribution is 6.32. The molecule has 0 heterocycles. The second-order valence-corrected chi connectivity index (χ2v) is 5.20. The summed E-state index contributed by atoms with van der Waals surface area (Å²) >= 11 is 5.84. The van der Waals surface area contributed by atoms with Crippen molar-refractivity contribution >= 4 is 17.7 Å². The molecule has 118 valence electrons. The van der Waals surface area contributed by atoms with Crippen molar-refractivity contribution in [3.8, 4) is 17.2 Å². The van der Waals surface area contributed by atoms with Gasteiger partial charge in [0.1, 0.15) is 5.75 Å². The lowest BCUT2D eigenvalue weighted by Crippen LogP contribution is -1.83. The summed E-state index contributed by atoms with van der Waals surface area (Å²) in [6.45, 7) is 5.68. The van der Waals surface area contributed by atoms with Gasteiger partial charge in [0.05, 0.1) is 7.11 Å². The second-order valence-electron chi connectivity index (χ2n) is 4.82. The van der Waals surface area contributed by atoms with Crippen LogP contribution in [0.4, 0.5) is 0 Å². The van der Waals surface area contributed by atoms with Gasteiger partial charge in [-0.1, -0.05) is 29.8 Å². The normalized spacial score (nSPS) is 10.2. The molecule has 4 heteroatoms. The minimum absolute atomic E-state index is 0.172. The molecule has 0 amide bonds. The minimum atomic E-state index is 0.172. The van der Waals surface area contributed by atoms with Crippen LogP contribution in [0.1, 0.15) is 23.6 Å². The number of aromatic hydroxyl groups is 2. The molecule has 0 radical (unpaired) electrons. The third-order valence-corrected chi connectivity index (χ3v) is 3.58. The monoisotopic (exact) mass is 320 g/mol. The Morgan fingerprint density at radius 2 is 1.64 bits per heavy atom. The van der Waals surface area contributed by atoms with Crippen LogP contribution in [-0.4, -0.2) is 17.3 Å². The van der Waals surface area contributed by atoms with Crippen molar-refractivity contribution in [3.63, 3.8) is 0 Å². The number of ether oxygens (including phenoxy) is 1. The first-order chi connectivity index (χ1) is 10.4. The van der Waals surface area contributed by atoms with E-state index in [-0.39, 0.29) is 11.5 Å². The molecule has 0 aliphatic carbocycles. The number of halogens is 1. The molecule has 0 aromatic heterocycles. The first kappa shape index (κ1) is 17.9. The van der Waals surface area contributed by atoms with Crippen LogP contribution in [0.3, 0.4) is 0 Å². The van der Waals surface area contributed by atoms with E-state index >= 15 is 0 Å². The number of hydrogen-bond acceptors (Lipinski definition) is 3. The van der Waals surface area contributed by atoms with Gasteiger partial charge in [-0.3, -0.25) is 0 Å². The molecule has 0 aliphatic rings. The van der Waals surface area contributed by atoms with Crippen LogP contribution in [0, 0.1) is 13.8 Å². The van der Waals surface area contributed by atoms with Crippen molar-refractivity contribution in [2.45, 2.75) is 20.8 Å².